The van der Waals surface area contributed by atoms with Crippen LogP contribution in [-0.4, -0.2) is 18.0 Å². The highest BCUT2D eigenvalue weighted by Crippen LogP contribution is 2.23. The second-order valence-corrected chi connectivity index (χ2v) is 4.34. The lowest BCUT2D eigenvalue weighted by molar-refractivity contribution is 0.287. The molecule has 0 aromatic heterocycles. The Balaban J connectivity index is 2.63. The second-order valence-electron chi connectivity index (χ2n) is 3.53. The zero-order valence-electron chi connectivity index (χ0n) is 9.21. The molecule has 0 radical (unpaired) electrons. The Morgan fingerprint density at radius 1 is 1.31 bits per heavy atom. The zero-order chi connectivity index (χ0) is 12.0. The van der Waals surface area contributed by atoms with Crippen LogP contribution in [0.25, 0.3) is 0 Å². The van der Waals surface area contributed by atoms with E-state index >= 15 is 0 Å². The molecular formula is C12H14Cl2N2. The normalized spacial score (nSPS) is 10.4. The molecule has 4 heteroatoms. The summed E-state index contributed by atoms with van der Waals surface area (Å²) in [5.41, 5.74) is 1.12. The van der Waals surface area contributed by atoms with Crippen LogP contribution in [0.4, 0.5) is 0 Å². The highest BCUT2D eigenvalue weighted by Gasteiger charge is 2.05. The fraction of sp³-hybridized carbons (Fsp3) is 0.417. The largest absolute Gasteiger partial charge is 0.298 e. The van der Waals surface area contributed by atoms with Crippen LogP contribution in [0.2, 0.25) is 10.0 Å². The molecule has 0 N–H and O–H groups in total. The van der Waals surface area contributed by atoms with Gasteiger partial charge in [0.25, 0.3) is 0 Å². The van der Waals surface area contributed by atoms with Crippen molar-refractivity contribution in [2.24, 2.45) is 0 Å². The first-order valence-corrected chi connectivity index (χ1v) is 5.96. The predicted molar refractivity (Wildman–Crippen MR) is 67.6 cm³/mol. The van der Waals surface area contributed by atoms with Crippen LogP contribution < -0.4 is 0 Å². The maximum absolute atomic E-state index is 8.54. The number of nitrogens with zero attached hydrogens (tertiary/aromatic N) is 2. The van der Waals surface area contributed by atoms with Gasteiger partial charge in [-0.05, 0) is 24.2 Å². The van der Waals surface area contributed by atoms with E-state index in [2.05, 4.69) is 17.9 Å². The van der Waals surface area contributed by atoms with Gasteiger partial charge in [-0.3, -0.25) is 4.90 Å². The average Bonchev–Trinajstić information content (AvgIpc) is 2.29. The van der Waals surface area contributed by atoms with Crippen molar-refractivity contribution in [3.8, 4) is 6.07 Å². The summed E-state index contributed by atoms with van der Waals surface area (Å²) in [5, 5.41) is 9.70. The summed E-state index contributed by atoms with van der Waals surface area (Å²) in [4.78, 5) is 2.20. The molecule has 1 aromatic rings. The van der Waals surface area contributed by atoms with E-state index in [1.165, 1.54) is 0 Å². The third kappa shape index (κ3) is 4.02. The maximum atomic E-state index is 8.54. The van der Waals surface area contributed by atoms with Crippen molar-refractivity contribution in [3.05, 3.63) is 33.8 Å². The molecule has 0 aliphatic carbocycles. The van der Waals surface area contributed by atoms with Crippen LogP contribution in [0.1, 0.15) is 18.9 Å². The van der Waals surface area contributed by atoms with E-state index in [9.17, 15) is 0 Å². The van der Waals surface area contributed by atoms with E-state index in [1.54, 1.807) is 6.07 Å². The fourth-order valence-electron chi connectivity index (χ4n) is 1.45. The molecule has 0 aliphatic heterocycles. The smallest absolute Gasteiger partial charge is 0.0635 e. The lowest BCUT2D eigenvalue weighted by Gasteiger charge is -2.19. The van der Waals surface area contributed by atoms with Crippen molar-refractivity contribution in [2.45, 2.75) is 19.9 Å². The van der Waals surface area contributed by atoms with Crippen LogP contribution in [-0.2, 0) is 6.54 Å². The molecule has 2 nitrogen and oxygen atoms in total. The van der Waals surface area contributed by atoms with Gasteiger partial charge in [-0.2, -0.15) is 5.26 Å². The summed E-state index contributed by atoms with van der Waals surface area (Å²) in [7, 11) is 0. The minimum Gasteiger partial charge on any atom is -0.298 e. The summed E-state index contributed by atoms with van der Waals surface area (Å²) >= 11 is 11.8. The molecule has 1 rings (SSSR count). The molecular weight excluding hydrogens is 243 g/mol. The van der Waals surface area contributed by atoms with Crippen molar-refractivity contribution in [2.75, 3.05) is 13.1 Å². The zero-order valence-corrected chi connectivity index (χ0v) is 10.7. The quantitative estimate of drug-likeness (QED) is 0.803. The van der Waals surface area contributed by atoms with Crippen molar-refractivity contribution in [3.63, 3.8) is 0 Å². The monoisotopic (exact) mass is 256 g/mol. The minimum atomic E-state index is 0.551. The van der Waals surface area contributed by atoms with E-state index in [0.717, 1.165) is 25.2 Å². The first-order valence-electron chi connectivity index (χ1n) is 5.20. The summed E-state index contributed by atoms with van der Waals surface area (Å²) in [5.74, 6) is 0. The molecule has 0 amide bonds. The molecule has 1 aromatic carbocycles. The first kappa shape index (κ1) is 13.3. The fourth-order valence-corrected chi connectivity index (χ4v) is 1.77. The van der Waals surface area contributed by atoms with Crippen molar-refractivity contribution >= 4 is 23.2 Å². The van der Waals surface area contributed by atoms with Gasteiger partial charge in [0.05, 0.1) is 16.1 Å². The number of hydrogen-bond donors (Lipinski definition) is 0. The average molecular weight is 257 g/mol. The Bertz CT molecular complexity index is 385. The number of rotatable bonds is 5. The molecule has 0 unspecified atom stereocenters. The van der Waals surface area contributed by atoms with Gasteiger partial charge in [0, 0.05) is 19.5 Å². The highest BCUT2D eigenvalue weighted by molar-refractivity contribution is 6.42. The Labute approximate surface area is 106 Å². The van der Waals surface area contributed by atoms with Crippen molar-refractivity contribution in [1.82, 2.24) is 4.90 Å². The van der Waals surface area contributed by atoms with Crippen molar-refractivity contribution < 1.29 is 0 Å². The molecule has 86 valence electrons. The van der Waals surface area contributed by atoms with Gasteiger partial charge in [-0.25, -0.2) is 0 Å². The van der Waals surface area contributed by atoms with E-state index in [1.807, 2.05) is 12.1 Å². The van der Waals surface area contributed by atoms with Crippen LogP contribution in [0, 0.1) is 11.3 Å². The Morgan fingerprint density at radius 3 is 2.62 bits per heavy atom. The van der Waals surface area contributed by atoms with Gasteiger partial charge < -0.3 is 0 Å². The van der Waals surface area contributed by atoms with Crippen LogP contribution in [0.15, 0.2) is 18.2 Å². The molecule has 0 aliphatic rings. The summed E-state index contributed by atoms with van der Waals surface area (Å²) in [6, 6.07) is 7.79. The van der Waals surface area contributed by atoms with E-state index < -0.39 is 0 Å². The molecule has 0 saturated carbocycles. The molecule has 0 heterocycles. The van der Waals surface area contributed by atoms with Crippen molar-refractivity contribution in [1.29, 1.82) is 5.26 Å². The van der Waals surface area contributed by atoms with Gasteiger partial charge in [0.15, 0.2) is 0 Å². The van der Waals surface area contributed by atoms with E-state index in [4.69, 9.17) is 28.5 Å². The molecule has 16 heavy (non-hydrogen) atoms. The van der Waals surface area contributed by atoms with Gasteiger partial charge in [0.1, 0.15) is 0 Å². The lowest BCUT2D eigenvalue weighted by Crippen LogP contribution is -2.23. The van der Waals surface area contributed by atoms with E-state index in [-0.39, 0.29) is 0 Å². The third-order valence-corrected chi connectivity index (χ3v) is 3.12. The number of halogens is 2. The van der Waals surface area contributed by atoms with Crippen LogP contribution >= 0.6 is 23.2 Å². The highest BCUT2D eigenvalue weighted by atomic mass is 35.5. The number of nitriles is 1. The molecule has 0 atom stereocenters. The second kappa shape index (κ2) is 6.75. The van der Waals surface area contributed by atoms with Crippen LogP contribution in [0.5, 0.6) is 0 Å². The third-order valence-electron chi connectivity index (χ3n) is 2.38. The van der Waals surface area contributed by atoms with Gasteiger partial charge in [-0.15, -0.1) is 0 Å². The summed E-state index contributed by atoms with van der Waals surface area (Å²) in [6.45, 7) is 4.58. The number of hydrogen-bond acceptors (Lipinski definition) is 2. The summed E-state index contributed by atoms with van der Waals surface area (Å²) < 4.78 is 0. The molecule has 0 spiro atoms. The van der Waals surface area contributed by atoms with Gasteiger partial charge >= 0.3 is 0 Å². The first-order chi connectivity index (χ1) is 7.67. The van der Waals surface area contributed by atoms with Gasteiger partial charge in [0.2, 0.25) is 0 Å². The standard InChI is InChI=1S/C12H14Cl2N2/c1-2-16(7-3-6-15)9-10-4-5-11(13)12(14)8-10/h4-5,8H,2-3,7,9H2,1H3. The predicted octanol–water partition coefficient (Wildman–Crippen LogP) is 3.73. The Hall–Kier alpha value is -0.750. The van der Waals surface area contributed by atoms with Gasteiger partial charge in [-0.1, -0.05) is 36.2 Å². The lowest BCUT2D eigenvalue weighted by atomic mass is 10.2. The van der Waals surface area contributed by atoms with Crippen LogP contribution in [0.3, 0.4) is 0 Å². The molecule has 0 bridgehead atoms. The molecule has 0 fully saturated rings. The summed E-state index contributed by atoms with van der Waals surface area (Å²) in [6.07, 6.45) is 0.551. The van der Waals surface area contributed by atoms with E-state index in [0.29, 0.717) is 16.5 Å². The Morgan fingerprint density at radius 2 is 2.06 bits per heavy atom. The minimum absolute atomic E-state index is 0.551. The number of benzene rings is 1. The SMILES string of the molecule is CCN(CCC#N)Cc1ccc(Cl)c(Cl)c1. The maximum Gasteiger partial charge on any atom is 0.0635 e. The topological polar surface area (TPSA) is 27.0 Å². The molecule has 0 saturated heterocycles. The Kier molecular flexibility index (Phi) is 5.62.